The summed E-state index contributed by atoms with van der Waals surface area (Å²) in [5, 5.41) is 5.24. The van der Waals surface area contributed by atoms with Crippen molar-refractivity contribution in [2.24, 2.45) is 17.4 Å². The molecule has 0 atom stereocenters. The van der Waals surface area contributed by atoms with Gasteiger partial charge in [-0.2, -0.15) is 0 Å². The second-order valence-corrected chi connectivity index (χ2v) is 5.99. The Morgan fingerprint density at radius 1 is 1.26 bits per heavy atom. The van der Waals surface area contributed by atoms with E-state index in [9.17, 15) is 9.59 Å². The summed E-state index contributed by atoms with van der Waals surface area (Å²) < 4.78 is 0. The number of carbonyl (C=O) groups is 2. The maximum Gasteiger partial charge on any atom is 0.249 e. The number of nitrogens with one attached hydrogen (secondary N) is 1. The van der Waals surface area contributed by atoms with Gasteiger partial charge in [0.2, 0.25) is 11.8 Å². The van der Waals surface area contributed by atoms with Crippen LogP contribution in [0.4, 0.5) is 0 Å². The van der Waals surface area contributed by atoms with Crippen molar-refractivity contribution in [1.82, 2.24) is 5.32 Å². The standard InChI is InChI=1S/C13H19N3O2S/c14-12(17)8-1-3-10(4-2-8)16-6-11-5-9(7-19-11)13(15)18/h5,7-8,10,16H,1-4,6H2,(H2,14,17)(H2,15,18). The van der Waals surface area contributed by atoms with Crippen LogP contribution in [0.15, 0.2) is 11.4 Å². The molecule has 0 aromatic carbocycles. The maximum absolute atomic E-state index is 11.1. The summed E-state index contributed by atoms with van der Waals surface area (Å²) >= 11 is 1.53. The highest BCUT2D eigenvalue weighted by atomic mass is 32.1. The lowest BCUT2D eigenvalue weighted by molar-refractivity contribution is -0.122. The van der Waals surface area contributed by atoms with E-state index in [1.807, 2.05) is 6.07 Å². The van der Waals surface area contributed by atoms with Gasteiger partial charge < -0.3 is 16.8 Å². The van der Waals surface area contributed by atoms with Gasteiger partial charge in [0.25, 0.3) is 0 Å². The van der Waals surface area contributed by atoms with Gasteiger partial charge in [-0.3, -0.25) is 9.59 Å². The first-order valence-corrected chi connectivity index (χ1v) is 7.34. The number of carbonyl (C=O) groups excluding carboxylic acids is 2. The number of hydrogen-bond acceptors (Lipinski definition) is 4. The molecular formula is C13H19N3O2S. The highest BCUT2D eigenvalue weighted by Gasteiger charge is 2.24. The Balaban J connectivity index is 1.77. The lowest BCUT2D eigenvalue weighted by atomic mass is 9.85. The monoisotopic (exact) mass is 281 g/mol. The van der Waals surface area contributed by atoms with E-state index in [4.69, 9.17) is 11.5 Å². The molecule has 2 amide bonds. The molecule has 1 aliphatic carbocycles. The van der Waals surface area contributed by atoms with Crippen molar-refractivity contribution in [3.63, 3.8) is 0 Å². The minimum Gasteiger partial charge on any atom is -0.369 e. The van der Waals surface area contributed by atoms with E-state index in [2.05, 4.69) is 5.32 Å². The quantitative estimate of drug-likeness (QED) is 0.750. The van der Waals surface area contributed by atoms with Gasteiger partial charge in [-0.05, 0) is 31.7 Å². The third kappa shape index (κ3) is 3.78. The second-order valence-electron chi connectivity index (χ2n) is 5.00. The Morgan fingerprint density at radius 3 is 2.47 bits per heavy atom. The van der Waals surface area contributed by atoms with Crippen molar-refractivity contribution >= 4 is 23.2 Å². The number of hydrogen-bond donors (Lipinski definition) is 3. The zero-order valence-corrected chi connectivity index (χ0v) is 11.5. The van der Waals surface area contributed by atoms with Gasteiger partial charge in [0.1, 0.15) is 0 Å². The first kappa shape index (κ1) is 14.0. The highest BCUT2D eigenvalue weighted by molar-refractivity contribution is 7.10. The highest BCUT2D eigenvalue weighted by Crippen LogP contribution is 2.24. The van der Waals surface area contributed by atoms with E-state index in [0.717, 1.165) is 37.1 Å². The SMILES string of the molecule is NC(=O)c1csc(CNC2CCC(C(N)=O)CC2)c1. The third-order valence-corrected chi connectivity index (χ3v) is 4.57. The van der Waals surface area contributed by atoms with Crippen LogP contribution < -0.4 is 16.8 Å². The lowest BCUT2D eigenvalue weighted by Crippen LogP contribution is -2.36. The predicted molar refractivity (Wildman–Crippen MR) is 74.6 cm³/mol. The van der Waals surface area contributed by atoms with E-state index < -0.39 is 0 Å². The Bertz CT molecular complexity index is 464. The zero-order valence-electron chi connectivity index (χ0n) is 10.7. The first-order chi connectivity index (χ1) is 9.06. The van der Waals surface area contributed by atoms with Crippen LogP contribution in [0.2, 0.25) is 0 Å². The van der Waals surface area contributed by atoms with Crippen molar-refractivity contribution in [3.8, 4) is 0 Å². The Hall–Kier alpha value is -1.40. The van der Waals surface area contributed by atoms with Crippen LogP contribution in [0.1, 0.15) is 40.9 Å². The normalized spacial score (nSPS) is 23.2. The molecule has 5 N–H and O–H groups in total. The minimum absolute atomic E-state index is 0.0428. The fraction of sp³-hybridized carbons (Fsp3) is 0.538. The summed E-state index contributed by atoms with van der Waals surface area (Å²) in [7, 11) is 0. The van der Waals surface area contributed by atoms with Crippen LogP contribution in [-0.4, -0.2) is 17.9 Å². The molecule has 104 valence electrons. The molecule has 0 aliphatic heterocycles. The summed E-state index contributed by atoms with van der Waals surface area (Å²) in [4.78, 5) is 23.2. The van der Waals surface area contributed by atoms with Gasteiger partial charge >= 0.3 is 0 Å². The van der Waals surface area contributed by atoms with Crippen LogP contribution in [0.5, 0.6) is 0 Å². The molecule has 1 aromatic rings. The molecule has 0 bridgehead atoms. The van der Waals surface area contributed by atoms with E-state index in [1.165, 1.54) is 11.3 Å². The predicted octanol–water partition coefficient (Wildman–Crippen LogP) is 0.981. The van der Waals surface area contributed by atoms with Crippen molar-refractivity contribution in [2.75, 3.05) is 0 Å². The molecule has 6 heteroatoms. The summed E-state index contributed by atoms with van der Waals surface area (Å²) in [6.45, 7) is 0.740. The fourth-order valence-electron chi connectivity index (χ4n) is 2.43. The number of thiophene rings is 1. The summed E-state index contributed by atoms with van der Waals surface area (Å²) in [5.41, 5.74) is 11.1. The number of amides is 2. The van der Waals surface area contributed by atoms with Gasteiger partial charge in [-0.1, -0.05) is 0 Å². The van der Waals surface area contributed by atoms with E-state index in [1.54, 1.807) is 5.38 Å². The van der Waals surface area contributed by atoms with Crippen molar-refractivity contribution in [3.05, 3.63) is 21.9 Å². The summed E-state index contributed by atoms with van der Waals surface area (Å²) in [6, 6.07) is 2.25. The number of nitrogens with two attached hydrogens (primary N) is 2. The minimum atomic E-state index is -0.385. The molecule has 1 saturated carbocycles. The third-order valence-electron chi connectivity index (χ3n) is 3.63. The fourth-order valence-corrected chi connectivity index (χ4v) is 3.25. The summed E-state index contributed by atoms with van der Waals surface area (Å²) in [5.74, 6) is -0.520. The van der Waals surface area contributed by atoms with E-state index in [0.29, 0.717) is 11.6 Å². The van der Waals surface area contributed by atoms with Crippen molar-refractivity contribution in [1.29, 1.82) is 0 Å². The molecular weight excluding hydrogens is 262 g/mol. The Morgan fingerprint density at radius 2 is 1.95 bits per heavy atom. The van der Waals surface area contributed by atoms with E-state index >= 15 is 0 Å². The van der Waals surface area contributed by atoms with Crippen LogP contribution in [0.3, 0.4) is 0 Å². The van der Waals surface area contributed by atoms with Gasteiger partial charge in [0.15, 0.2) is 0 Å². The molecule has 5 nitrogen and oxygen atoms in total. The van der Waals surface area contributed by atoms with Gasteiger partial charge in [0.05, 0.1) is 5.56 Å². The zero-order chi connectivity index (χ0) is 13.8. The molecule has 0 radical (unpaired) electrons. The lowest BCUT2D eigenvalue weighted by Gasteiger charge is -2.27. The largest absolute Gasteiger partial charge is 0.369 e. The van der Waals surface area contributed by atoms with Gasteiger partial charge in [-0.15, -0.1) is 11.3 Å². The first-order valence-electron chi connectivity index (χ1n) is 6.46. The second kappa shape index (κ2) is 6.16. The van der Waals surface area contributed by atoms with Gasteiger partial charge in [0, 0.05) is 28.8 Å². The average molecular weight is 281 g/mol. The number of primary amides is 2. The van der Waals surface area contributed by atoms with E-state index in [-0.39, 0.29) is 17.7 Å². The molecule has 1 aliphatic rings. The van der Waals surface area contributed by atoms with Crippen molar-refractivity contribution in [2.45, 2.75) is 38.3 Å². The van der Waals surface area contributed by atoms with Crippen LogP contribution in [0.25, 0.3) is 0 Å². The van der Waals surface area contributed by atoms with Crippen LogP contribution in [-0.2, 0) is 11.3 Å². The molecule has 2 rings (SSSR count). The Kier molecular flexibility index (Phi) is 4.55. The molecule has 1 aromatic heterocycles. The molecule has 1 fully saturated rings. The molecule has 0 saturated heterocycles. The maximum atomic E-state index is 11.1. The van der Waals surface area contributed by atoms with Crippen molar-refractivity contribution < 1.29 is 9.59 Å². The summed E-state index contributed by atoms with van der Waals surface area (Å²) in [6.07, 6.45) is 3.68. The smallest absolute Gasteiger partial charge is 0.249 e. The van der Waals surface area contributed by atoms with Gasteiger partial charge in [-0.25, -0.2) is 0 Å². The average Bonchev–Trinajstić information content (AvgIpc) is 2.86. The van der Waals surface area contributed by atoms with Crippen LogP contribution >= 0.6 is 11.3 Å². The molecule has 0 unspecified atom stereocenters. The number of rotatable bonds is 5. The topological polar surface area (TPSA) is 98.2 Å². The Labute approximate surface area is 116 Å². The van der Waals surface area contributed by atoms with Crippen LogP contribution in [0, 0.1) is 5.92 Å². The molecule has 0 spiro atoms. The molecule has 19 heavy (non-hydrogen) atoms. The molecule has 1 heterocycles.